The molecular formula is C30H38O9. The normalized spacial score (nSPS) is 52.2. The molecule has 3 heterocycles. The van der Waals surface area contributed by atoms with Gasteiger partial charge in [0.05, 0.1) is 36.4 Å². The fraction of sp³-hybridized carbons (Fsp3) is 0.767. The number of aliphatic hydroxyl groups is 1. The van der Waals surface area contributed by atoms with Gasteiger partial charge in [-0.2, -0.15) is 0 Å². The van der Waals surface area contributed by atoms with Crippen LogP contribution in [0.15, 0.2) is 23.0 Å². The summed E-state index contributed by atoms with van der Waals surface area (Å²) in [5.41, 5.74) is -2.95. The summed E-state index contributed by atoms with van der Waals surface area (Å²) in [5.74, 6) is -1.64. The van der Waals surface area contributed by atoms with Gasteiger partial charge in [0.2, 0.25) is 0 Å². The minimum Gasteiger partial charge on any atom is -0.472 e. The number of hydrogen-bond acceptors (Lipinski definition) is 9. The first-order valence-electron chi connectivity index (χ1n) is 14.2. The Morgan fingerprint density at radius 2 is 1.72 bits per heavy atom. The largest absolute Gasteiger partial charge is 0.472 e. The summed E-state index contributed by atoms with van der Waals surface area (Å²) < 4.78 is 31.1. The van der Waals surface area contributed by atoms with Crippen molar-refractivity contribution in [1.29, 1.82) is 0 Å². The highest BCUT2D eigenvalue weighted by atomic mass is 16.6. The van der Waals surface area contributed by atoms with E-state index in [1.54, 1.807) is 12.5 Å². The molecule has 0 radical (unpaired) electrons. The van der Waals surface area contributed by atoms with Crippen LogP contribution < -0.4 is 0 Å². The number of furan rings is 1. The maximum atomic E-state index is 13.1. The number of hydrogen-bond donors (Lipinski definition) is 1. The SMILES string of the molecule is CC(=O)O[C@@H]1C[C@H]2C(C)(C)O[C@H]3CC(=O)C[C@]32[C@H]2[C@@H](O)[C@H](OC(C)=O)[C@@]3(C)[C@H](c4ccoc4)C[C@H]4O[C@]43[C@@]21C. The van der Waals surface area contributed by atoms with Crippen LogP contribution in [0.3, 0.4) is 0 Å². The van der Waals surface area contributed by atoms with Crippen molar-refractivity contribution in [1.82, 2.24) is 0 Å². The predicted octanol–water partition coefficient (Wildman–Crippen LogP) is 3.32. The first-order chi connectivity index (χ1) is 18.2. The lowest BCUT2D eigenvalue weighted by Gasteiger charge is -2.68. The second-order valence-electron chi connectivity index (χ2n) is 13.9. The quantitative estimate of drug-likeness (QED) is 0.452. The number of epoxide rings is 1. The highest BCUT2D eigenvalue weighted by Crippen LogP contribution is 2.84. The van der Waals surface area contributed by atoms with Gasteiger partial charge in [-0.25, -0.2) is 0 Å². The van der Waals surface area contributed by atoms with E-state index in [9.17, 15) is 19.5 Å². The van der Waals surface area contributed by atoms with Crippen molar-refractivity contribution >= 4 is 17.7 Å². The van der Waals surface area contributed by atoms with Crippen molar-refractivity contribution in [3.8, 4) is 0 Å². The van der Waals surface area contributed by atoms with Gasteiger partial charge in [0, 0.05) is 54.8 Å². The molecule has 12 atom stereocenters. The standard InChI is InChI=1S/C30H38O9/c1-14(31)36-20-11-19-26(3,4)38-21-9-17(33)12-29(19,21)24-23(34)25(37-15(2)32)27(5)18(16-7-8-35-13-16)10-22-30(27,39-22)28(20,24)6/h7-8,13,18-25,34H,9-12H2,1-6H3/t18-,19-,20+,21-,22+,23+,24-,25-,27+,28+,29+,30+/m0/s1. The van der Waals surface area contributed by atoms with E-state index in [0.29, 0.717) is 12.8 Å². The third kappa shape index (κ3) is 2.75. The Morgan fingerprint density at radius 3 is 2.36 bits per heavy atom. The molecule has 6 aliphatic rings. The number of aliphatic hydroxyl groups excluding tert-OH is 1. The van der Waals surface area contributed by atoms with Crippen LogP contribution in [0.25, 0.3) is 0 Å². The van der Waals surface area contributed by atoms with E-state index >= 15 is 0 Å². The van der Waals surface area contributed by atoms with Crippen LogP contribution in [-0.4, -0.2) is 64.6 Å². The number of carbonyl (C=O) groups excluding carboxylic acids is 3. The molecule has 39 heavy (non-hydrogen) atoms. The smallest absolute Gasteiger partial charge is 0.303 e. The van der Waals surface area contributed by atoms with Crippen LogP contribution in [0.5, 0.6) is 0 Å². The summed E-state index contributed by atoms with van der Waals surface area (Å²) in [6, 6.07) is 1.91. The summed E-state index contributed by atoms with van der Waals surface area (Å²) in [6.45, 7) is 10.9. The van der Waals surface area contributed by atoms with Crippen molar-refractivity contribution in [2.45, 2.75) is 115 Å². The maximum absolute atomic E-state index is 13.1. The molecule has 4 aliphatic carbocycles. The third-order valence-corrected chi connectivity index (χ3v) is 12.1. The molecule has 0 aromatic carbocycles. The van der Waals surface area contributed by atoms with Gasteiger partial charge in [-0.05, 0) is 44.2 Å². The molecule has 1 aromatic heterocycles. The van der Waals surface area contributed by atoms with E-state index in [2.05, 4.69) is 6.92 Å². The van der Waals surface area contributed by atoms with Crippen LogP contribution in [0, 0.1) is 28.1 Å². The lowest BCUT2D eigenvalue weighted by molar-refractivity contribution is -0.295. The van der Waals surface area contributed by atoms with Gasteiger partial charge >= 0.3 is 11.9 Å². The number of ether oxygens (including phenoxy) is 4. The van der Waals surface area contributed by atoms with Crippen LogP contribution in [0.2, 0.25) is 0 Å². The van der Waals surface area contributed by atoms with E-state index in [0.717, 1.165) is 5.56 Å². The zero-order chi connectivity index (χ0) is 27.9. The van der Waals surface area contributed by atoms with Crippen LogP contribution in [0.4, 0.5) is 0 Å². The molecule has 0 unspecified atom stereocenters. The highest BCUT2D eigenvalue weighted by Gasteiger charge is 2.92. The molecule has 2 spiro atoms. The molecule has 0 bridgehead atoms. The van der Waals surface area contributed by atoms with Crippen molar-refractivity contribution in [2.75, 3.05) is 0 Å². The molecule has 212 valence electrons. The minimum atomic E-state index is -1.14. The summed E-state index contributed by atoms with van der Waals surface area (Å²) in [7, 11) is 0. The van der Waals surface area contributed by atoms with Crippen LogP contribution in [0.1, 0.15) is 78.7 Å². The number of esters is 2. The van der Waals surface area contributed by atoms with Gasteiger partial charge < -0.3 is 28.5 Å². The van der Waals surface area contributed by atoms with Gasteiger partial charge in [-0.3, -0.25) is 14.4 Å². The molecule has 7 rings (SSSR count). The number of rotatable bonds is 3. The fourth-order valence-corrected chi connectivity index (χ4v) is 11.2. The summed E-state index contributed by atoms with van der Waals surface area (Å²) in [5, 5.41) is 12.6. The first kappa shape index (κ1) is 25.7. The summed E-state index contributed by atoms with van der Waals surface area (Å²) in [4.78, 5) is 38.4. The van der Waals surface area contributed by atoms with Gasteiger partial charge in [-0.1, -0.05) is 13.8 Å². The molecule has 4 saturated carbocycles. The Balaban J connectivity index is 1.49. The van der Waals surface area contributed by atoms with E-state index in [4.69, 9.17) is 23.4 Å². The fourth-order valence-electron chi connectivity index (χ4n) is 11.2. The number of Topliss-reactive ketones (excluding diaryl/α,β-unsaturated/α-hetero) is 1. The second-order valence-corrected chi connectivity index (χ2v) is 13.9. The Morgan fingerprint density at radius 1 is 1.00 bits per heavy atom. The Kier molecular flexibility index (Phi) is 4.97. The maximum Gasteiger partial charge on any atom is 0.303 e. The number of ketones is 1. The minimum absolute atomic E-state index is 0.104. The molecule has 1 N–H and O–H groups in total. The topological polar surface area (TPSA) is 125 Å². The Bertz CT molecular complexity index is 1250. The van der Waals surface area contributed by atoms with Crippen LogP contribution >= 0.6 is 0 Å². The molecular weight excluding hydrogens is 504 g/mol. The van der Waals surface area contributed by atoms with Crippen molar-refractivity contribution in [3.63, 3.8) is 0 Å². The highest BCUT2D eigenvalue weighted by molar-refractivity contribution is 5.83. The molecule has 2 saturated heterocycles. The zero-order valence-corrected chi connectivity index (χ0v) is 23.4. The third-order valence-electron chi connectivity index (χ3n) is 12.1. The van der Waals surface area contributed by atoms with Gasteiger partial charge in [0.15, 0.2) is 0 Å². The van der Waals surface area contributed by atoms with E-state index in [1.807, 2.05) is 26.8 Å². The number of fused-ring (bicyclic) bond motifs is 1. The van der Waals surface area contributed by atoms with Crippen molar-refractivity contribution in [2.24, 2.45) is 28.1 Å². The van der Waals surface area contributed by atoms with E-state index in [-0.39, 0.29) is 42.7 Å². The molecule has 1 aromatic rings. The van der Waals surface area contributed by atoms with Crippen LogP contribution in [-0.2, 0) is 33.3 Å². The molecule has 9 heteroatoms. The monoisotopic (exact) mass is 542 g/mol. The molecule has 0 amide bonds. The summed E-state index contributed by atoms with van der Waals surface area (Å²) in [6.07, 6.45) is 1.81. The van der Waals surface area contributed by atoms with Gasteiger partial charge in [-0.15, -0.1) is 0 Å². The average molecular weight is 543 g/mol. The Labute approximate surface area is 227 Å². The molecule has 9 nitrogen and oxygen atoms in total. The lowest BCUT2D eigenvalue weighted by Crippen LogP contribution is -2.77. The number of carbonyl (C=O) groups is 3. The first-order valence-corrected chi connectivity index (χ1v) is 14.2. The average Bonchev–Trinajstić information content (AvgIpc) is 3.08. The zero-order valence-electron chi connectivity index (χ0n) is 23.4. The lowest BCUT2D eigenvalue weighted by atomic mass is 9.36. The van der Waals surface area contributed by atoms with E-state index in [1.165, 1.54) is 13.8 Å². The van der Waals surface area contributed by atoms with Crippen molar-refractivity contribution in [3.05, 3.63) is 24.2 Å². The Hall–Kier alpha value is -2.23. The second kappa shape index (κ2) is 7.53. The van der Waals surface area contributed by atoms with Crippen molar-refractivity contribution < 1.29 is 42.9 Å². The van der Waals surface area contributed by atoms with Gasteiger partial charge in [0.1, 0.15) is 23.6 Å². The predicted molar refractivity (Wildman–Crippen MR) is 134 cm³/mol. The molecule has 6 fully saturated rings. The van der Waals surface area contributed by atoms with E-state index < -0.39 is 63.6 Å². The summed E-state index contributed by atoms with van der Waals surface area (Å²) >= 11 is 0. The molecule has 2 aliphatic heterocycles. The van der Waals surface area contributed by atoms with Gasteiger partial charge in [0.25, 0.3) is 0 Å².